The molecule has 1 aliphatic heterocycles. The number of likely N-dealkylation sites (tertiary alicyclic amines) is 1. The quantitative estimate of drug-likeness (QED) is 0.664. The average Bonchev–Trinajstić information content (AvgIpc) is 2.45. The van der Waals surface area contributed by atoms with Gasteiger partial charge in [0.05, 0.1) is 9.40 Å². The van der Waals surface area contributed by atoms with Crippen LogP contribution >= 0.6 is 15.9 Å². The first-order chi connectivity index (χ1) is 9.97. The summed E-state index contributed by atoms with van der Waals surface area (Å²) in [4.78, 5) is 24.7. The maximum Gasteiger partial charge on any atom is 0.284 e. The summed E-state index contributed by atoms with van der Waals surface area (Å²) in [5, 5.41) is 13.7. The largest absolute Gasteiger partial charge is 0.352 e. The summed E-state index contributed by atoms with van der Waals surface area (Å²) in [5.74, 6) is 0.178. The van der Waals surface area contributed by atoms with Crippen molar-refractivity contribution in [3.8, 4) is 0 Å². The van der Waals surface area contributed by atoms with Crippen LogP contribution in [0.15, 0.2) is 22.7 Å². The lowest BCUT2D eigenvalue weighted by Gasteiger charge is -2.29. The zero-order valence-corrected chi connectivity index (χ0v) is 13.4. The Morgan fingerprint density at radius 3 is 3.00 bits per heavy atom. The number of rotatable bonds is 4. The van der Waals surface area contributed by atoms with Gasteiger partial charge in [0.25, 0.3) is 11.6 Å². The molecule has 1 amide bonds. The molecule has 6 nitrogen and oxygen atoms in total. The zero-order valence-electron chi connectivity index (χ0n) is 11.8. The molecule has 0 aliphatic carbocycles. The molecule has 1 aromatic rings. The molecule has 1 atom stereocenters. The van der Waals surface area contributed by atoms with E-state index in [-0.39, 0.29) is 11.6 Å². The van der Waals surface area contributed by atoms with Crippen molar-refractivity contribution in [2.24, 2.45) is 5.92 Å². The van der Waals surface area contributed by atoms with Crippen LogP contribution in [0.1, 0.15) is 23.2 Å². The smallest absolute Gasteiger partial charge is 0.284 e. The van der Waals surface area contributed by atoms with Crippen LogP contribution in [-0.4, -0.2) is 42.4 Å². The third-order valence-electron chi connectivity index (χ3n) is 3.68. The van der Waals surface area contributed by atoms with Gasteiger partial charge in [0.1, 0.15) is 0 Å². The van der Waals surface area contributed by atoms with Crippen LogP contribution in [0.2, 0.25) is 0 Å². The highest BCUT2D eigenvalue weighted by Crippen LogP contribution is 2.25. The van der Waals surface area contributed by atoms with Gasteiger partial charge in [0.2, 0.25) is 0 Å². The predicted molar refractivity (Wildman–Crippen MR) is 83.4 cm³/mol. The number of nitro benzene ring substituents is 1. The molecular weight excluding hydrogens is 338 g/mol. The number of carbonyl (C=O) groups is 1. The van der Waals surface area contributed by atoms with Crippen molar-refractivity contribution < 1.29 is 9.72 Å². The monoisotopic (exact) mass is 355 g/mol. The van der Waals surface area contributed by atoms with Gasteiger partial charge in [0.15, 0.2) is 0 Å². The second-order valence-corrected chi connectivity index (χ2v) is 6.26. The summed E-state index contributed by atoms with van der Waals surface area (Å²) in [6, 6.07) is 4.41. The summed E-state index contributed by atoms with van der Waals surface area (Å²) < 4.78 is 0.373. The number of carbonyl (C=O) groups excluding carboxylic acids is 1. The average molecular weight is 356 g/mol. The topological polar surface area (TPSA) is 75.5 Å². The first kappa shape index (κ1) is 15.9. The van der Waals surface area contributed by atoms with Crippen LogP contribution in [0.3, 0.4) is 0 Å². The van der Waals surface area contributed by atoms with Crippen LogP contribution < -0.4 is 5.32 Å². The molecular formula is C14H18BrN3O3. The van der Waals surface area contributed by atoms with E-state index in [0.29, 0.717) is 22.5 Å². The van der Waals surface area contributed by atoms with Crippen LogP contribution in [0.25, 0.3) is 0 Å². The zero-order chi connectivity index (χ0) is 15.4. The Balaban J connectivity index is 1.97. The Morgan fingerprint density at radius 2 is 2.33 bits per heavy atom. The van der Waals surface area contributed by atoms with Gasteiger partial charge in [0, 0.05) is 24.7 Å². The van der Waals surface area contributed by atoms with Crippen LogP contribution in [0, 0.1) is 16.0 Å². The molecule has 2 rings (SSSR count). The van der Waals surface area contributed by atoms with Gasteiger partial charge in [-0.05, 0) is 60.4 Å². The van der Waals surface area contributed by atoms with E-state index in [0.717, 1.165) is 25.9 Å². The minimum atomic E-state index is -0.503. The fourth-order valence-corrected chi connectivity index (χ4v) is 2.96. The van der Waals surface area contributed by atoms with Gasteiger partial charge in [-0.1, -0.05) is 0 Å². The molecule has 1 fully saturated rings. The molecule has 1 aliphatic rings. The number of hydrogen-bond donors (Lipinski definition) is 1. The predicted octanol–water partition coefficient (Wildman–Crippen LogP) is 2.43. The second-order valence-electron chi connectivity index (χ2n) is 5.40. The molecule has 21 heavy (non-hydrogen) atoms. The minimum Gasteiger partial charge on any atom is -0.352 e. The Hall–Kier alpha value is -1.47. The van der Waals surface area contributed by atoms with E-state index in [4.69, 9.17) is 0 Å². The lowest BCUT2D eigenvalue weighted by molar-refractivity contribution is -0.385. The Bertz CT molecular complexity index is 550. The Morgan fingerprint density at radius 1 is 1.57 bits per heavy atom. The SMILES string of the molecule is CN1CCCC(CNC(=O)c2ccc(Br)c([N+](=O)[O-])c2)C1. The fourth-order valence-electron chi connectivity index (χ4n) is 2.57. The van der Waals surface area contributed by atoms with Crippen molar-refractivity contribution in [1.82, 2.24) is 10.2 Å². The van der Waals surface area contributed by atoms with E-state index in [1.165, 1.54) is 12.1 Å². The van der Waals surface area contributed by atoms with Gasteiger partial charge >= 0.3 is 0 Å². The number of nitrogens with zero attached hydrogens (tertiary/aromatic N) is 2. The van der Waals surface area contributed by atoms with Gasteiger partial charge in [-0.2, -0.15) is 0 Å². The molecule has 0 aromatic heterocycles. The van der Waals surface area contributed by atoms with Crippen molar-refractivity contribution in [2.45, 2.75) is 12.8 Å². The lowest BCUT2D eigenvalue weighted by Crippen LogP contribution is -2.39. The van der Waals surface area contributed by atoms with E-state index < -0.39 is 4.92 Å². The molecule has 0 saturated carbocycles. The van der Waals surface area contributed by atoms with Crippen molar-refractivity contribution in [1.29, 1.82) is 0 Å². The molecule has 0 bridgehead atoms. The molecule has 7 heteroatoms. The highest BCUT2D eigenvalue weighted by Gasteiger charge is 2.19. The van der Waals surface area contributed by atoms with Crippen molar-refractivity contribution in [2.75, 3.05) is 26.7 Å². The van der Waals surface area contributed by atoms with E-state index in [2.05, 4.69) is 33.2 Å². The summed E-state index contributed by atoms with van der Waals surface area (Å²) in [6.07, 6.45) is 2.24. The second kappa shape index (κ2) is 7.00. The first-order valence-electron chi connectivity index (χ1n) is 6.88. The Labute approximate surface area is 131 Å². The highest BCUT2D eigenvalue weighted by molar-refractivity contribution is 9.10. The van der Waals surface area contributed by atoms with Crippen molar-refractivity contribution in [3.05, 3.63) is 38.3 Å². The third kappa shape index (κ3) is 4.25. The summed E-state index contributed by atoms with van der Waals surface area (Å²) in [5.41, 5.74) is 0.217. The molecule has 1 N–H and O–H groups in total. The van der Waals surface area contributed by atoms with Crippen molar-refractivity contribution >= 4 is 27.5 Å². The fraction of sp³-hybridized carbons (Fsp3) is 0.500. The van der Waals surface area contributed by atoms with Crippen LogP contribution in [0.5, 0.6) is 0 Å². The number of amides is 1. The minimum absolute atomic E-state index is 0.0972. The number of benzene rings is 1. The number of halogens is 1. The van der Waals surface area contributed by atoms with E-state index >= 15 is 0 Å². The van der Waals surface area contributed by atoms with Crippen LogP contribution in [0.4, 0.5) is 5.69 Å². The third-order valence-corrected chi connectivity index (χ3v) is 4.35. The van der Waals surface area contributed by atoms with Crippen LogP contribution in [-0.2, 0) is 0 Å². The van der Waals surface area contributed by atoms with Crippen molar-refractivity contribution in [3.63, 3.8) is 0 Å². The van der Waals surface area contributed by atoms with E-state index in [9.17, 15) is 14.9 Å². The molecule has 1 aromatic carbocycles. The molecule has 0 radical (unpaired) electrons. The van der Waals surface area contributed by atoms with Gasteiger partial charge in [-0.3, -0.25) is 14.9 Å². The highest BCUT2D eigenvalue weighted by atomic mass is 79.9. The van der Waals surface area contributed by atoms with Gasteiger partial charge in [-0.15, -0.1) is 0 Å². The molecule has 1 saturated heterocycles. The Kier molecular flexibility index (Phi) is 5.30. The summed E-state index contributed by atoms with van der Waals surface area (Å²) in [6.45, 7) is 2.68. The first-order valence-corrected chi connectivity index (χ1v) is 7.67. The van der Waals surface area contributed by atoms with E-state index in [1.807, 2.05) is 0 Å². The number of nitro groups is 1. The number of nitrogens with one attached hydrogen (secondary N) is 1. The van der Waals surface area contributed by atoms with Gasteiger partial charge < -0.3 is 10.2 Å². The molecule has 1 heterocycles. The number of piperidine rings is 1. The molecule has 0 spiro atoms. The molecule has 1 unspecified atom stereocenters. The molecule has 114 valence electrons. The lowest BCUT2D eigenvalue weighted by atomic mass is 9.98. The maximum absolute atomic E-state index is 12.1. The summed E-state index contributed by atoms with van der Waals surface area (Å²) in [7, 11) is 2.08. The normalized spacial score (nSPS) is 19.2. The standard InChI is InChI=1S/C14H18BrN3O3/c1-17-6-2-3-10(9-17)8-16-14(19)11-4-5-12(15)13(7-11)18(20)21/h4-5,7,10H,2-3,6,8-9H2,1H3,(H,16,19). The van der Waals surface area contributed by atoms with E-state index in [1.54, 1.807) is 6.07 Å². The van der Waals surface area contributed by atoms with Gasteiger partial charge in [-0.25, -0.2) is 0 Å². The maximum atomic E-state index is 12.1. The number of hydrogen-bond acceptors (Lipinski definition) is 4. The summed E-state index contributed by atoms with van der Waals surface area (Å²) >= 11 is 3.11.